The maximum absolute atomic E-state index is 13.8. The van der Waals surface area contributed by atoms with E-state index in [4.69, 9.17) is 27.8 Å². The summed E-state index contributed by atoms with van der Waals surface area (Å²) in [6, 6.07) is 29.8. The number of hydrogen-bond acceptors (Lipinski definition) is 5. The van der Waals surface area contributed by atoms with Gasteiger partial charge in [-0.2, -0.15) is 0 Å². The molecule has 1 aliphatic carbocycles. The van der Waals surface area contributed by atoms with E-state index < -0.39 is 0 Å². The van der Waals surface area contributed by atoms with Crippen LogP contribution in [-0.2, 0) is 32.2 Å². The molecule has 0 heterocycles. The number of benzene rings is 5. The quantitative estimate of drug-likeness (QED) is 0.0779. The van der Waals surface area contributed by atoms with Gasteiger partial charge < -0.3 is 26.8 Å². The number of amides is 4. The zero-order chi connectivity index (χ0) is 47.2. The van der Waals surface area contributed by atoms with Crippen LogP contribution in [-0.4, -0.2) is 25.7 Å². The molecule has 10 heteroatoms. The second kappa shape index (κ2) is 24.0. The number of aryl methyl sites for hydroxylation is 1. The Balaban J connectivity index is 0.000000245. The van der Waals surface area contributed by atoms with Crippen molar-refractivity contribution in [3.8, 4) is 5.75 Å². The van der Waals surface area contributed by atoms with Crippen LogP contribution < -0.4 is 36.6 Å². The van der Waals surface area contributed by atoms with Crippen LogP contribution >= 0.6 is 11.6 Å². The van der Waals surface area contributed by atoms with Crippen LogP contribution in [0.1, 0.15) is 138 Å². The molecule has 5 aromatic rings. The predicted molar refractivity (Wildman–Crippen MR) is 276 cm³/mol. The van der Waals surface area contributed by atoms with E-state index in [1.807, 2.05) is 67.3 Å². The number of carbonyl (C=O) groups is 2. The number of hydrogen-bond donors (Lipinski definition) is 4. The predicted octanol–water partition coefficient (Wildman–Crippen LogP) is 14.6. The Bertz CT molecular complexity index is 2310. The summed E-state index contributed by atoms with van der Waals surface area (Å²) in [4.78, 5) is 31.1. The molecule has 0 saturated heterocycles. The van der Waals surface area contributed by atoms with Gasteiger partial charge in [-0.05, 0) is 132 Å². The fraction of sp³-hybridized carbons (Fsp3) is 0.418. The van der Waals surface area contributed by atoms with E-state index in [1.165, 1.54) is 43.2 Å². The van der Waals surface area contributed by atoms with Crippen LogP contribution in [0.3, 0.4) is 0 Å². The first-order valence-electron chi connectivity index (χ1n) is 23.7. The Morgan fingerprint density at radius 3 is 1.71 bits per heavy atom. The van der Waals surface area contributed by atoms with Gasteiger partial charge in [0, 0.05) is 39.9 Å². The third-order valence-corrected chi connectivity index (χ3v) is 13.1. The van der Waals surface area contributed by atoms with Gasteiger partial charge in [0.25, 0.3) is 0 Å². The zero-order valence-corrected chi connectivity index (χ0v) is 41.1. The van der Waals surface area contributed by atoms with E-state index in [9.17, 15) is 9.59 Å². The molecule has 0 radical (unpaired) electrons. The fourth-order valence-electron chi connectivity index (χ4n) is 8.82. The summed E-state index contributed by atoms with van der Waals surface area (Å²) in [6.45, 7) is 18.0. The summed E-state index contributed by atoms with van der Waals surface area (Å²) >= 11 is 6.50. The number of urea groups is 2. The number of rotatable bonds is 15. The minimum Gasteiger partial charge on any atom is -0.496 e. The van der Waals surface area contributed by atoms with Gasteiger partial charge in [0.1, 0.15) is 5.75 Å². The van der Waals surface area contributed by atoms with Crippen molar-refractivity contribution in [1.29, 1.82) is 0 Å². The van der Waals surface area contributed by atoms with E-state index in [2.05, 4.69) is 88.6 Å². The highest BCUT2D eigenvalue weighted by molar-refractivity contribution is 6.32. The first-order valence-corrected chi connectivity index (χ1v) is 24.1. The number of nitrogens with zero attached hydrogens (tertiary/aromatic N) is 2. The number of para-hydroxylation sites is 1. The molecule has 1 aliphatic rings. The van der Waals surface area contributed by atoms with Gasteiger partial charge in [0.15, 0.2) is 0 Å². The molecular formula is C55H73ClN6O3. The van der Waals surface area contributed by atoms with Crippen molar-refractivity contribution in [3.05, 3.63) is 135 Å². The lowest BCUT2D eigenvalue weighted by Crippen LogP contribution is -2.39. The summed E-state index contributed by atoms with van der Waals surface area (Å²) in [5.41, 5.74) is 24.5. The van der Waals surface area contributed by atoms with Gasteiger partial charge in [0.05, 0.1) is 25.0 Å². The molecule has 6 rings (SSSR count). The Morgan fingerprint density at radius 2 is 1.17 bits per heavy atom. The standard InChI is InChI=1S/C28H34ClN3O2.C27H39N3O/c1-6-22-24(29)16-25(30)23(7-2)27(22)31-28(33)32(17-20-10-8-9-11-26(20)34-5)21-14-12-19(13-15-21)18(3)4;1-5-21-14-17-25(28)24(6-2)26(21)29-27(31)30(18-20-10-8-7-9-11-20)23-15-12-22(13-16-23)19(3)4/h8-16,18H,6-7,17,30H2,1-5H3,(H,31,33);12-17,19-20H,5-11,18,28H2,1-4H3,(H,29,31). The second-order valence-electron chi connectivity index (χ2n) is 17.7. The molecule has 9 nitrogen and oxygen atoms in total. The monoisotopic (exact) mass is 901 g/mol. The number of nitrogen functional groups attached to an aromatic ring is 2. The minimum atomic E-state index is -0.255. The molecular weight excluding hydrogens is 828 g/mol. The number of ether oxygens (including phenoxy) is 1. The van der Waals surface area contributed by atoms with E-state index in [1.54, 1.807) is 18.1 Å². The van der Waals surface area contributed by atoms with Crippen molar-refractivity contribution >= 4 is 57.8 Å². The lowest BCUT2D eigenvalue weighted by molar-refractivity contribution is 0.253. The first-order chi connectivity index (χ1) is 31.2. The number of nitrogens with one attached hydrogen (secondary N) is 2. The zero-order valence-electron chi connectivity index (χ0n) is 40.3. The molecule has 0 spiro atoms. The van der Waals surface area contributed by atoms with Gasteiger partial charge >= 0.3 is 12.1 Å². The van der Waals surface area contributed by atoms with Gasteiger partial charge in [-0.3, -0.25) is 9.80 Å². The number of methoxy groups -OCH3 is 1. The highest BCUT2D eigenvalue weighted by Gasteiger charge is 2.25. The second-order valence-corrected chi connectivity index (χ2v) is 18.1. The van der Waals surface area contributed by atoms with Gasteiger partial charge in [-0.15, -0.1) is 0 Å². The lowest BCUT2D eigenvalue weighted by Gasteiger charge is -2.31. The molecule has 0 unspecified atom stereocenters. The summed E-state index contributed by atoms with van der Waals surface area (Å²) < 4.78 is 5.54. The fourth-order valence-corrected chi connectivity index (χ4v) is 9.17. The van der Waals surface area contributed by atoms with Crippen molar-refractivity contribution in [2.24, 2.45) is 5.92 Å². The summed E-state index contributed by atoms with van der Waals surface area (Å²) in [6.07, 6.45) is 9.26. The third kappa shape index (κ3) is 12.8. The van der Waals surface area contributed by atoms with Crippen molar-refractivity contribution in [2.45, 2.75) is 132 Å². The van der Waals surface area contributed by atoms with Crippen LogP contribution in [0.15, 0.2) is 91.0 Å². The molecule has 65 heavy (non-hydrogen) atoms. The molecule has 348 valence electrons. The summed E-state index contributed by atoms with van der Waals surface area (Å²) in [5, 5.41) is 6.95. The Labute approximate surface area is 394 Å². The molecule has 1 fully saturated rings. The van der Waals surface area contributed by atoms with Crippen LogP contribution in [0.25, 0.3) is 0 Å². The van der Waals surface area contributed by atoms with Crippen molar-refractivity contribution in [3.63, 3.8) is 0 Å². The van der Waals surface area contributed by atoms with Crippen LogP contribution in [0.4, 0.5) is 43.7 Å². The van der Waals surface area contributed by atoms with Crippen LogP contribution in [0.2, 0.25) is 5.02 Å². The highest BCUT2D eigenvalue weighted by Crippen LogP contribution is 2.36. The average molecular weight is 902 g/mol. The maximum Gasteiger partial charge on any atom is 0.326 e. The normalized spacial score (nSPS) is 12.7. The molecule has 6 N–H and O–H groups in total. The maximum atomic E-state index is 13.8. The molecule has 1 saturated carbocycles. The first kappa shape index (κ1) is 50.3. The largest absolute Gasteiger partial charge is 0.496 e. The van der Waals surface area contributed by atoms with E-state index in [0.29, 0.717) is 53.5 Å². The average Bonchev–Trinajstić information content (AvgIpc) is 3.31. The third-order valence-electron chi connectivity index (χ3n) is 12.8. The van der Waals surface area contributed by atoms with Crippen molar-refractivity contribution in [2.75, 3.05) is 45.6 Å². The topological polar surface area (TPSA) is 126 Å². The number of carbonyl (C=O) groups excluding carboxylic acids is 2. The van der Waals surface area contributed by atoms with Gasteiger partial charge in [-0.1, -0.05) is 135 Å². The van der Waals surface area contributed by atoms with Crippen LogP contribution in [0, 0.1) is 5.92 Å². The SMILES string of the molecule is CCc1c(N)cc(Cl)c(CC)c1NC(=O)N(Cc1ccccc1OC)c1ccc(C(C)C)cc1.CCc1ccc(N)c(CC)c1NC(=O)N(CC1CCCCC1)c1ccc(C(C)C)cc1. The minimum absolute atomic E-state index is 0.0575. The van der Waals surface area contributed by atoms with Gasteiger partial charge in [-0.25, -0.2) is 9.59 Å². The molecule has 5 aromatic carbocycles. The molecule has 0 bridgehead atoms. The Hall–Kier alpha value is -5.67. The van der Waals surface area contributed by atoms with E-state index in [0.717, 1.165) is 75.7 Å². The van der Waals surface area contributed by atoms with Crippen molar-refractivity contribution < 1.29 is 14.3 Å². The number of anilines is 6. The van der Waals surface area contributed by atoms with Crippen LogP contribution in [0.5, 0.6) is 5.75 Å². The van der Waals surface area contributed by atoms with Crippen molar-refractivity contribution in [1.82, 2.24) is 0 Å². The Kier molecular flexibility index (Phi) is 18.6. The summed E-state index contributed by atoms with van der Waals surface area (Å²) in [7, 11) is 1.64. The van der Waals surface area contributed by atoms with E-state index in [-0.39, 0.29) is 12.1 Å². The molecule has 0 atom stereocenters. The lowest BCUT2D eigenvalue weighted by atomic mass is 9.89. The number of nitrogens with two attached hydrogens (primary N) is 2. The van der Waals surface area contributed by atoms with E-state index >= 15 is 0 Å². The number of halogens is 1. The highest BCUT2D eigenvalue weighted by atomic mass is 35.5. The Morgan fingerprint density at radius 1 is 0.646 bits per heavy atom. The van der Waals surface area contributed by atoms with Gasteiger partial charge in [0.2, 0.25) is 0 Å². The molecule has 0 aliphatic heterocycles. The molecule has 4 amide bonds. The summed E-state index contributed by atoms with van der Waals surface area (Å²) in [5.74, 6) is 2.16. The smallest absolute Gasteiger partial charge is 0.326 e. The molecule has 0 aromatic heterocycles.